The molecule has 2 aromatic rings. The maximum Gasteiger partial charge on any atom is 0.268 e. The van der Waals surface area contributed by atoms with Gasteiger partial charge in [0.05, 0.1) is 0 Å². The van der Waals surface area contributed by atoms with Crippen LogP contribution in [-0.4, -0.2) is 6.79 Å². The van der Waals surface area contributed by atoms with Crippen LogP contribution in [0.15, 0.2) is 30.3 Å². The summed E-state index contributed by atoms with van der Waals surface area (Å²) < 4.78 is 23.5. The first-order valence-electron chi connectivity index (χ1n) is 9.05. The molecule has 138 valence electrons. The Morgan fingerprint density at radius 3 is 2.19 bits per heavy atom. The molecule has 2 aliphatic heterocycles. The molecule has 1 unspecified atom stereocenters. The molecule has 0 bridgehead atoms. The molecule has 0 spiro atoms. The summed E-state index contributed by atoms with van der Waals surface area (Å²) in [5.41, 5.74) is 3.25. The molecule has 0 amide bonds. The summed E-state index contributed by atoms with van der Waals surface area (Å²) in [6, 6.07) is 10.2. The lowest BCUT2D eigenvalue weighted by molar-refractivity contribution is 0.0484. The van der Waals surface area contributed by atoms with E-state index in [0.717, 1.165) is 34.1 Å². The van der Waals surface area contributed by atoms with E-state index in [0.29, 0.717) is 0 Å². The summed E-state index contributed by atoms with van der Waals surface area (Å²) >= 11 is 0. The third-order valence-electron chi connectivity index (χ3n) is 4.85. The van der Waals surface area contributed by atoms with E-state index in [2.05, 4.69) is 59.7 Å². The number of fused-ring (bicyclic) bond motifs is 2. The van der Waals surface area contributed by atoms with Crippen molar-refractivity contribution in [2.45, 2.75) is 58.7 Å². The van der Waals surface area contributed by atoms with Crippen molar-refractivity contribution in [1.29, 1.82) is 0 Å². The zero-order valence-electron chi connectivity index (χ0n) is 16.3. The lowest BCUT2D eigenvalue weighted by Crippen LogP contribution is -2.15. The summed E-state index contributed by atoms with van der Waals surface area (Å²) in [6.45, 7) is 13.3. The van der Waals surface area contributed by atoms with Gasteiger partial charge in [0.25, 0.3) is 6.29 Å². The van der Waals surface area contributed by atoms with E-state index < -0.39 is 6.29 Å². The maximum absolute atomic E-state index is 6.14. The second-order valence-corrected chi connectivity index (χ2v) is 9.03. The van der Waals surface area contributed by atoms with E-state index in [1.54, 1.807) is 0 Å². The fraction of sp³-hybridized carbons (Fsp3) is 0.455. The molecule has 2 aliphatic rings. The van der Waals surface area contributed by atoms with Gasteiger partial charge in [-0.2, -0.15) is 0 Å². The smallest absolute Gasteiger partial charge is 0.268 e. The van der Waals surface area contributed by atoms with Crippen LogP contribution in [0.1, 0.15) is 64.5 Å². The highest BCUT2D eigenvalue weighted by Gasteiger charge is 2.32. The van der Waals surface area contributed by atoms with Gasteiger partial charge in [0, 0.05) is 11.1 Å². The Morgan fingerprint density at radius 1 is 0.769 bits per heavy atom. The Bertz CT molecular complexity index is 856. The Hall–Kier alpha value is -2.36. The van der Waals surface area contributed by atoms with Gasteiger partial charge in [-0.15, -0.1) is 0 Å². The Balaban J connectivity index is 1.69. The van der Waals surface area contributed by atoms with Crippen LogP contribution in [0.4, 0.5) is 0 Å². The third-order valence-corrected chi connectivity index (χ3v) is 4.85. The summed E-state index contributed by atoms with van der Waals surface area (Å²) in [5, 5.41) is 0. The first kappa shape index (κ1) is 17.1. The van der Waals surface area contributed by atoms with E-state index in [9.17, 15) is 0 Å². The zero-order valence-corrected chi connectivity index (χ0v) is 16.3. The van der Waals surface area contributed by atoms with Crippen LogP contribution in [0.5, 0.6) is 23.0 Å². The van der Waals surface area contributed by atoms with Crippen molar-refractivity contribution < 1.29 is 18.9 Å². The molecule has 1 atom stereocenters. The zero-order chi connectivity index (χ0) is 18.7. The number of hydrogen-bond donors (Lipinski definition) is 0. The lowest BCUT2D eigenvalue weighted by Gasteiger charge is -2.23. The van der Waals surface area contributed by atoms with Crippen molar-refractivity contribution >= 4 is 0 Å². The molecule has 0 saturated heterocycles. The van der Waals surface area contributed by atoms with Gasteiger partial charge in [0.1, 0.15) is 0 Å². The molecule has 4 nitrogen and oxygen atoms in total. The molecular weight excluding hydrogens is 328 g/mol. The molecule has 26 heavy (non-hydrogen) atoms. The normalized spacial score (nSPS) is 18.3. The van der Waals surface area contributed by atoms with Crippen molar-refractivity contribution in [2.24, 2.45) is 0 Å². The van der Waals surface area contributed by atoms with Crippen molar-refractivity contribution in [3.05, 3.63) is 47.0 Å². The predicted molar refractivity (Wildman–Crippen MR) is 100 cm³/mol. The van der Waals surface area contributed by atoms with Crippen LogP contribution in [-0.2, 0) is 10.8 Å². The molecule has 0 fully saturated rings. The van der Waals surface area contributed by atoms with Crippen LogP contribution in [0.25, 0.3) is 0 Å². The standard InChI is InChI=1S/C22H26O4/c1-21(2,3)14-7-8-16-17(11-14)26-20(25-16)13-9-15(22(4,5)6)19-18(10-13)23-12-24-19/h7-11,20H,12H2,1-6H3. The summed E-state index contributed by atoms with van der Waals surface area (Å²) in [4.78, 5) is 0. The highest BCUT2D eigenvalue weighted by molar-refractivity contribution is 5.55. The van der Waals surface area contributed by atoms with Gasteiger partial charge in [-0.05, 0) is 40.7 Å². The average Bonchev–Trinajstić information content (AvgIpc) is 3.17. The van der Waals surface area contributed by atoms with Crippen LogP contribution >= 0.6 is 0 Å². The molecule has 2 aromatic carbocycles. The molecule has 4 heteroatoms. The number of hydrogen-bond acceptors (Lipinski definition) is 4. The summed E-state index contributed by atoms with van der Waals surface area (Å²) in [6.07, 6.45) is -0.476. The molecule has 0 aromatic heterocycles. The molecule has 2 heterocycles. The highest BCUT2D eigenvalue weighted by Crippen LogP contribution is 2.47. The van der Waals surface area contributed by atoms with Crippen molar-refractivity contribution in [3.8, 4) is 23.0 Å². The van der Waals surface area contributed by atoms with E-state index in [-0.39, 0.29) is 17.6 Å². The van der Waals surface area contributed by atoms with E-state index in [1.807, 2.05) is 12.1 Å². The summed E-state index contributed by atoms with van der Waals surface area (Å²) in [7, 11) is 0. The molecule has 0 N–H and O–H groups in total. The fourth-order valence-corrected chi connectivity index (χ4v) is 3.28. The average molecular weight is 354 g/mol. The lowest BCUT2D eigenvalue weighted by atomic mass is 9.85. The predicted octanol–water partition coefficient (Wildman–Crippen LogP) is 5.48. The van der Waals surface area contributed by atoms with Crippen molar-refractivity contribution in [2.75, 3.05) is 6.79 Å². The number of ether oxygens (including phenoxy) is 4. The Labute approximate surface area is 155 Å². The van der Waals surface area contributed by atoms with Crippen LogP contribution in [0, 0.1) is 0 Å². The SMILES string of the molecule is CC(C)(C)c1ccc2c(c1)OC(c1cc3c(c(C(C)(C)C)c1)OCO3)O2. The van der Waals surface area contributed by atoms with Gasteiger partial charge in [-0.25, -0.2) is 0 Å². The van der Waals surface area contributed by atoms with E-state index >= 15 is 0 Å². The van der Waals surface area contributed by atoms with Crippen LogP contribution < -0.4 is 18.9 Å². The molecular formula is C22H26O4. The Morgan fingerprint density at radius 2 is 1.50 bits per heavy atom. The second-order valence-electron chi connectivity index (χ2n) is 9.03. The first-order valence-corrected chi connectivity index (χ1v) is 9.05. The monoisotopic (exact) mass is 354 g/mol. The maximum atomic E-state index is 6.14. The molecule has 0 radical (unpaired) electrons. The van der Waals surface area contributed by atoms with Gasteiger partial charge in [0.2, 0.25) is 6.79 Å². The minimum atomic E-state index is -0.476. The number of benzene rings is 2. The van der Waals surface area contributed by atoms with Gasteiger partial charge >= 0.3 is 0 Å². The Kier molecular flexibility index (Phi) is 3.66. The van der Waals surface area contributed by atoms with Crippen molar-refractivity contribution in [1.82, 2.24) is 0 Å². The van der Waals surface area contributed by atoms with Gasteiger partial charge in [-0.1, -0.05) is 47.6 Å². The number of rotatable bonds is 1. The largest absolute Gasteiger partial charge is 0.454 e. The second kappa shape index (κ2) is 5.57. The van der Waals surface area contributed by atoms with Gasteiger partial charge < -0.3 is 18.9 Å². The van der Waals surface area contributed by atoms with E-state index in [1.165, 1.54) is 5.56 Å². The molecule has 0 aliphatic carbocycles. The highest BCUT2D eigenvalue weighted by atomic mass is 16.7. The van der Waals surface area contributed by atoms with Crippen LogP contribution in [0.3, 0.4) is 0 Å². The van der Waals surface area contributed by atoms with Crippen molar-refractivity contribution in [3.63, 3.8) is 0 Å². The van der Waals surface area contributed by atoms with Crippen LogP contribution in [0.2, 0.25) is 0 Å². The summed E-state index contributed by atoms with van der Waals surface area (Å²) in [5.74, 6) is 3.15. The van der Waals surface area contributed by atoms with Gasteiger partial charge in [0.15, 0.2) is 23.0 Å². The van der Waals surface area contributed by atoms with Gasteiger partial charge in [-0.3, -0.25) is 0 Å². The quantitative estimate of drug-likeness (QED) is 0.679. The molecule has 0 saturated carbocycles. The third kappa shape index (κ3) is 2.87. The topological polar surface area (TPSA) is 36.9 Å². The first-order chi connectivity index (χ1) is 12.1. The minimum Gasteiger partial charge on any atom is -0.454 e. The van der Waals surface area contributed by atoms with E-state index in [4.69, 9.17) is 18.9 Å². The minimum absolute atomic E-state index is 0.0641. The fourth-order valence-electron chi connectivity index (χ4n) is 3.28. The molecule has 4 rings (SSSR count).